The minimum Gasteiger partial charge on any atom is -0.495 e. The molecule has 0 spiro atoms. The van der Waals surface area contributed by atoms with E-state index in [1.54, 1.807) is 37.3 Å². The van der Waals surface area contributed by atoms with Gasteiger partial charge in [-0.15, -0.1) is 0 Å². The van der Waals surface area contributed by atoms with Crippen molar-refractivity contribution in [3.05, 3.63) is 52.5 Å². The molecule has 0 saturated carbocycles. The Labute approximate surface area is 189 Å². The lowest BCUT2D eigenvalue weighted by atomic mass is 10.2. The predicted octanol–water partition coefficient (Wildman–Crippen LogP) is 3.70. The third kappa shape index (κ3) is 6.59. The molecule has 9 heteroatoms. The third-order valence-corrected chi connectivity index (χ3v) is 6.81. The van der Waals surface area contributed by atoms with E-state index in [-0.39, 0.29) is 10.6 Å². The van der Waals surface area contributed by atoms with E-state index in [0.29, 0.717) is 36.9 Å². The van der Waals surface area contributed by atoms with Crippen LogP contribution in [0.2, 0.25) is 5.02 Å². The quantitative estimate of drug-likeness (QED) is 0.508. The van der Waals surface area contributed by atoms with E-state index in [2.05, 4.69) is 5.32 Å². The van der Waals surface area contributed by atoms with Gasteiger partial charge in [-0.25, -0.2) is 8.42 Å². The number of aryl methyl sites for hydroxylation is 2. The van der Waals surface area contributed by atoms with Crippen molar-refractivity contribution in [2.75, 3.05) is 37.7 Å². The highest BCUT2D eigenvalue weighted by Gasteiger charge is 2.30. The van der Waals surface area contributed by atoms with Gasteiger partial charge < -0.3 is 14.8 Å². The lowest BCUT2D eigenvalue weighted by molar-refractivity contribution is -0.119. The molecular weight excluding hydrogens is 440 g/mol. The predicted molar refractivity (Wildman–Crippen MR) is 123 cm³/mol. The van der Waals surface area contributed by atoms with E-state index >= 15 is 0 Å². The Kier molecular flexibility index (Phi) is 9.15. The zero-order valence-corrected chi connectivity index (χ0v) is 19.8. The molecule has 31 heavy (non-hydrogen) atoms. The molecule has 0 radical (unpaired) electrons. The standard InChI is InChI=1S/C22H29ClN2O5S/c1-5-30-12-6-11-24-22(26)15-25(18-9-8-17(3)19(23)14-18)31(27,28)21-13-16(2)7-10-20(21)29-4/h7-10,13-14H,5-6,11-12,15H2,1-4H3,(H,24,26). The summed E-state index contributed by atoms with van der Waals surface area (Å²) in [5.74, 6) is -0.227. The van der Waals surface area contributed by atoms with Crippen molar-refractivity contribution < 1.29 is 22.7 Å². The minimum absolute atomic E-state index is 0.0177. The molecule has 0 fully saturated rings. The fourth-order valence-electron chi connectivity index (χ4n) is 2.89. The van der Waals surface area contributed by atoms with Gasteiger partial charge in [0.05, 0.1) is 12.8 Å². The first-order chi connectivity index (χ1) is 14.7. The summed E-state index contributed by atoms with van der Waals surface area (Å²) in [6, 6.07) is 9.76. The molecule has 1 amide bonds. The number of halogens is 1. The molecule has 7 nitrogen and oxygen atoms in total. The summed E-state index contributed by atoms with van der Waals surface area (Å²) in [5.41, 5.74) is 1.85. The van der Waals surface area contributed by atoms with Crippen LogP contribution in [0.25, 0.3) is 0 Å². The number of carbonyl (C=O) groups is 1. The number of carbonyl (C=O) groups excluding carboxylic acids is 1. The lowest BCUT2D eigenvalue weighted by Gasteiger charge is -2.25. The summed E-state index contributed by atoms with van der Waals surface area (Å²) in [4.78, 5) is 12.6. The second-order valence-corrected chi connectivity index (χ2v) is 9.24. The number of methoxy groups -OCH3 is 1. The van der Waals surface area contributed by atoms with Crippen LogP contribution in [-0.2, 0) is 19.6 Å². The second-order valence-electron chi connectivity index (χ2n) is 7.00. The number of sulfonamides is 1. The number of nitrogens with zero attached hydrogens (tertiary/aromatic N) is 1. The number of anilines is 1. The van der Waals surface area contributed by atoms with Crippen molar-refractivity contribution in [1.82, 2.24) is 5.32 Å². The topological polar surface area (TPSA) is 84.9 Å². The zero-order chi connectivity index (χ0) is 23.0. The highest BCUT2D eigenvalue weighted by atomic mass is 35.5. The first-order valence-corrected chi connectivity index (χ1v) is 11.8. The van der Waals surface area contributed by atoms with Gasteiger partial charge in [0, 0.05) is 24.8 Å². The van der Waals surface area contributed by atoms with Crippen molar-refractivity contribution in [2.45, 2.75) is 32.1 Å². The average molecular weight is 469 g/mol. The van der Waals surface area contributed by atoms with Crippen LogP contribution in [0.3, 0.4) is 0 Å². The molecule has 0 saturated heterocycles. The van der Waals surface area contributed by atoms with E-state index in [1.165, 1.54) is 13.2 Å². The Morgan fingerprint density at radius 3 is 2.55 bits per heavy atom. The van der Waals surface area contributed by atoms with Gasteiger partial charge in [0.25, 0.3) is 10.0 Å². The molecule has 0 unspecified atom stereocenters. The molecule has 0 aliphatic carbocycles. The number of hydrogen-bond acceptors (Lipinski definition) is 5. The van der Waals surface area contributed by atoms with Crippen LogP contribution in [0.4, 0.5) is 5.69 Å². The maximum atomic E-state index is 13.6. The number of ether oxygens (including phenoxy) is 2. The van der Waals surface area contributed by atoms with Crippen LogP contribution in [0.5, 0.6) is 5.75 Å². The SMILES string of the molecule is CCOCCCNC(=O)CN(c1ccc(C)c(Cl)c1)S(=O)(=O)c1cc(C)ccc1OC. The van der Waals surface area contributed by atoms with E-state index in [4.69, 9.17) is 21.1 Å². The van der Waals surface area contributed by atoms with Crippen LogP contribution in [0, 0.1) is 13.8 Å². The third-order valence-electron chi connectivity index (χ3n) is 4.61. The van der Waals surface area contributed by atoms with Gasteiger partial charge in [-0.2, -0.15) is 0 Å². The molecule has 0 atom stereocenters. The number of amides is 1. The van der Waals surface area contributed by atoms with Crippen LogP contribution < -0.4 is 14.4 Å². The lowest BCUT2D eigenvalue weighted by Crippen LogP contribution is -2.41. The molecule has 170 valence electrons. The normalized spacial score (nSPS) is 11.3. The Balaban J connectivity index is 2.39. The maximum Gasteiger partial charge on any atom is 0.268 e. The molecule has 0 aliphatic rings. The minimum atomic E-state index is -4.12. The summed E-state index contributed by atoms with van der Waals surface area (Å²) < 4.78 is 38.8. The van der Waals surface area contributed by atoms with Crippen LogP contribution >= 0.6 is 11.6 Å². The highest BCUT2D eigenvalue weighted by Crippen LogP contribution is 2.32. The van der Waals surface area contributed by atoms with Crippen LogP contribution in [0.1, 0.15) is 24.5 Å². The summed E-state index contributed by atoms with van der Waals surface area (Å²) in [6.07, 6.45) is 0.633. The van der Waals surface area contributed by atoms with Crippen molar-refractivity contribution in [3.63, 3.8) is 0 Å². The van der Waals surface area contributed by atoms with Crippen molar-refractivity contribution in [1.29, 1.82) is 0 Å². The fourth-order valence-corrected chi connectivity index (χ4v) is 4.72. The molecule has 0 aliphatic heterocycles. The van der Waals surface area contributed by atoms with Gasteiger partial charge in [0.2, 0.25) is 5.91 Å². The van der Waals surface area contributed by atoms with Crippen molar-refractivity contribution in [3.8, 4) is 5.75 Å². The average Bonchev–Trinajstić information content (AvgIpc) is 2.73. The molecule has 0 aromatic heterocycles. The number of benzene rings is 2. The van der Waals surface area contributed by atoms with Crippen molar-refractivity contribution in [2.24, 2.45) is 0 Å². The van der Waals surface area contributed by atoms with E-state index in [1.807, 2.05) is 13.8 Å². The van der Waals surface area contributed by atoms with Gasteiger partial charge in [-0.05, 0) is 62.6 Å². The van der Waals surface area contributed by atoms with E-state index < -0.39 is 22.5 Å². The molecule has 1 N–H and O–H groups in total. The monoisotopic (exact) mass is 468 g/mol. The number of hydrogen-bond donors (Lipinski definition) is 1. The van der Waals surface area contributed by atoms with Gasteiger partial charge in [-0.3, -0.25) is 9.10 Å². The first kappa shape index (κ1) is 25.0. The van der Waals surface area contributed by atoms with Crippen LogP contribution in [0.15, 0.2) is 41.3 Å². The Hall–Kier alpha value is -2.29. The summed E-state index contributed by atoms with van der Waals surface area (Å²) in [6.45, 7) is 6.62. The fraction of sp³-hybridized carbons (Fsp3) is 0.409. The van der Waals surface area contributed by atoms with Crippen LogP contribution in [-0.4, -0.2) is 47.7 Å². The highest BCUT2D eigenvalue weighted by molar-refractivity contribution is 7.93. The summed E-state index contributed by atoms with van der Waals surface area (Å²) >= 11 is 6.25. The first-order valence-electron chi connectivity index (χ1n) is 9.98. The molecule has 0 bridgehead atoms. The van der Waals surface area contributed by atoms with Gasteiger partial charge in [0.15, 0.2) is 0 Å². The van der Waals surface area contributed by atoms with Gasteiger partial charge >= 0.3 is 0 Å². The Morgan fingerprint density at radius 2 is 1.90 bits per heavy atom. The maximum absolute atomic E-state index is 13.6. The zero-order valence-electron chi connectivity index (χ0n) is 18.3. The summed E-state index contributed by atoms with van der Waals surface area (Å²) in [7, 11) is -2.71. The smallest absolute Gasteiger partial charge is 0.268 e. The Morgan fingerprint density at radius 1 is 1.16 bits per heavy atom. The summed E-state index contributed by atoms with van der Waals surface area (Å²) in [5, 5.41) is 3.15. The number of nitrogens with one attached hydrogen (secondary N) is 1. The van der Waals surface area contributed by atoms with E-state index in [0.717, 1.165) is 15.4 Å². The second kappa shape index (κ2) is 11.4. The molecule has 0 heterocycles. The van der Waals surface area contributed by atoms with Gasteiger partial charge in [0.1, 0.15) is 17.2 Å². The number of rotatable bonds is 11. The molecule has 2 aromatic carbocycles. The molecular formula is C22H29ClN2O5S. The molecule has 2 aromatic rings. The molecule has 2 rings (SSSR count). The Bertz CT molecular complexity index is 1010. The van der Waals surface area contributed by atoms with E-state index in [9.17, 15) is 13.2 Å². The van der Waals surface area contributed by atoms with Crippen molar-refractivity contribution >= 4 is 33.2 Å². The largest absolute Gasteiger partial charge is 0.495 e. The van der Waals surface area contributed by atoms with Gasteiger partial charge in [-0.1, -0.05) is 23.7 Å².